The van der Waals surface area contributed by atoms with Gasteiger partial charge in [-0.1, -0.05) is 6.92 Å². The zero-order chi connectivity index (χ0) is 10.4. The fraction of sp³-hybridized carbons (Fsp3) is 0.600. The molecule has 4 heteroatoms. The van der Waals surface area contributed by atoms with Crippen molar-refractivity contribution in [2.75, 3.05) is 13.7 Å². The summed E-state index contributed by atoms with van der Waals surface area (Å²) >= 11 is 0. The molecule has 0 spiro atoms. The Bertz CT molecular complexity index is 278. The van der Waals surface area contributed by atoms with Gasteiger partial charge in [0.1, 0.15) is 6.33 Å². The van der Waals surface area contributed by atoms with Crippen LogP contribution in [-0.4, -0.2) is 29.7 Å². The highest BCUT2D eigenvalue weighted by molar-refractivity contribution is 5.14. The van der Waals surface area contributed by atoms with Gasteiger partial charge in [0.05, 0.1) is 7.11 Å². The lowest BCUT2D eigenvalue weighted by Crippen LogP contribution is -2.27. The van der Waals surface area contributed by atoms with Crippen LogP contribution < -0.4 is 10.1 Å². The van der Waals surface area contributed by atoms with Gasteiger partial charge >= 0.3 is 0 Å². The standard InChI is InChI=1S/C10H17N3O/c1-4-11-8(2)5-9-6-10(14-3)13-7-12-9/h6-8,11H,4-5H2,1-3H3. The third kappa shape index (κ3) is 3.30. The third-order valence-electron chi connectivity index (χ3n) is 1.98. The molecule has 0 aliphatic rings. The molecule has 4 nitrogen and oxygen atoms in total. The van der Waals surface area contributed by atoms with Crippen molar-refractivity contribution in [1.82, 2.24) is 15.3 Å². The molecule has 78 valence electrons. The van der Waals surface area contributed by atoms with E-state index in [1.54, 1.807) is 7.11 Å². The van der Waals surface area contributed by atoms with Gasteiger partial charge in [-0.15, -0.1) is 0 Å². The highest BCUT2D eigenvalue weighted by atomic mass is 16.5. The lowest BCUT2D eigenvalue weighted by Gasteiger charge is -2.11. The highest BCUT2D eigenvalue weighted by Crippen LogP contribution is 2.07. The monoisotopic (exact) mass is 195 g/mol. The highest BCUT2D eigenvalue weighted by Gasteiger charge is 2.04. The van der Waals surface area contributed by atoms with Crippen LogP contribution in [0.4, 0.5) is 0 Å². The van der Waals surface area contributed by atoms with Gasteiger partial charge in [0.25, 0.3) is 0 Å². The number of aromatic nitrogens is 2. The van der Waals surface area contributed by atoms with E-state index in [0.29, 0.717) is 11.9 Å². The molecule has 1 rings (SSSR count). The van der Waals surface area contributed by atoms with Crippen molar-refractivity contribution in [2.24, 2.45) is 0 Å². The Kier molecular flexibility index (Phi) is 4.32. The Morgan fingerprint density at radius 2 is 2.29 bits per heavy atom. The molecule has 0 amide bonds. The zero-order valence-corrected chi connectivity index (χ0v) is 8.95. The molecular weight excluding hydrogens is 178 g/mol. The molecule has 1 N–H and O–H groups in total. The molecule has 14 heavy (non-hydrogen) atoms. The molecule has 1 heterocycles. The average molecular weight is 195 g/mol. The lowest BCUT2D eigenvalue weighted by atomic mass is 10.2. The minimum Gasteiger partial charge on any atom is -0.481 e. The minimum atomic E-state index is 0.430. The SMILES string of the molecule is CCNC(C)Cc1cc(OC)ncn1. The second-order valence-corrected chi connectivity index (χ2v) is 3.21. The minimum absolute atomic E-state index is 0.430. The maximum atomic E-state index is 5.02. The zero-order valence-electron chi connectivity index (χ0n) is 8.95. The number of rotatable bonds is 5. The molecule has 0 aliphatic carbocycles. The summed E-state index contributed by atoms with van der Waals surface area (Å²) in [4.78, 5) is 8.14. The van der Waals surface area contributed by atoms with Crippen LogP contribution in [-0.2, 0) is 6.42 Å². The van der Waals surface area contributed by atoms with Crippen LogP contribution in [0.25, 0.3) is 0 Å². The predicted molar refractivity (Wildman–Crippen MR) is 55.4 cm³/mol. The largest absolute Gasteiger partial charge is 0.481 e. The molecule has 0 fully saturated rings. The average Bonchev–Trinajstić information content (AvgIpc) is 2.18. The first-order chi connectivity index (χ1) is 6.76. The number of hydrogen-bond donors (Lipinski definition) is 1. The first kappa shape index (κ1) is 10.9. The summed E-state index contributed by atoms with van der Waals surface area (Å²) in [6, 6.07) is 2.30. The smallest absolute Gasteiger partial charge is 0.216 e. The van der Waals surface area contributed by atoms with Crippen molar-refractivity contribution in [2.45, 2.75) is 26.3 Å². The van der Waals surface area contributed by atoms with Crippen LogP contribution in [0, 0.1) is 0 Å². The van der Waals surface area contributed by atoms with Crippen molar-refractivity contribution < 1.29 is 4.74 Å². The number of methoxy groups -OCH3 is 1. The number of hydrogen-bond acceptors (Lipinski definition) is 4. The van der Waals surface area contributed by atoms with Crippen LogP contribution in [0.5, 0.6) is 5.88 Å². The van der Waals surface area contributed by atoms with Crippen LogP contribution in [0.3, 0.4) is 0 Å². The maximum Gasteiger partial charge on any atom is 0.216 e. The number of likely N-dealkylation sites (N-methyl/N-ethyl adjacent to an activating group) is 1. The summed E-state index contributed by atoms with van der Waals surface area (Å²) in [5.74, 6) is 0.624. The van der Waals surface area contributed by atoms with Gasteiger partial charge in [0.15, 0.2) is 0 Å². The van der Waals surface area contributed by atoms with Gasteiger partial charge in [-0.3, -0.25) is 0 Å². The van der Waals surface area contributed by atoms with Crippen LogP contribution in [0.15, 0.2) is 12.4 Å². The van der Waals surface area contributed by atoms with Gasteiger partial charge in [-0.05, 0) is 13.5 Å². The lowest BCUT2D eigenvalue weighted by molar-refractivity contribution is 0.395. The molecule has 1 unspecified atom stereocenters. The summed E-state index contributed by atoms with van der Waals surface area (Å²) in [7, 11) is 1.61. The Hall–Kier alpha value is -1.16. The molecule has 0 aliphatic heterocycles. The van der Waals surface area contributed by atoms with E-state index < -0.39 is 0 Å². The maximum absolute atomic E-state index is 5.02. The fourth-order valence-electron chi connectivity index (χ4n) is 1.33. The fourth-order valence-corrected chi connectivity index (χ4v) is 1.33. The molecular formula is C10H17N3O. The van der Waals surface area contributed by atoms with Crippen molar-refractivity contribution in [1.29, 1.82) is 0 Å². The summed E-state index contributed by atoms with van der Waals surface area (Å²) in [6.07, 6.45) is 2.43. The van der Waals surface area contributed by atoms with Crippen molar-refractivity contribution in [3.8, 4) is 5.88 Å². The number of nitrogens with one attached hydrogen (secondary N) is 1. The molecule has 0 saturated carbocycles. The Labute approximate surface area is 84.7 Å². The molecule has 1 atom stereocenters. The number of ether oxygens (including phenoxy) is 1. The topological polar surface area (TPSA) is 47.0 Å². The van der Waals surface area contributed by atoms with Gasteiger partial charge < -0.3 is 10.1 Å². The van der Waals surface area contributed by atoms with E-state index in [4.69, 9.17) is 4.74 Å². The molecule has 0 saturated heterocycles. The normalized spacial score (nSPS) is 12.5. The Morgan fingerprint density at radius 3 is 2.93 bits per heavy atom. The molecule has 1 aromatic heterocycles. The van der Waals surface area contributed by atoms with Gasteiger partial charge in [-0.25, -0.2) is 9.97 Å². The Balaban J connectivity index is 2.57. The summed E-state index contributed by atoms with van der Waals surface area (Å²) < 4.78 is 5.02. The quantitative estimate of drug-likeness (QED) is 0.762. The van der Waals surface area contributed by atoms with E-state index in [1.807, 2.05) is 6.07 Å². The Morgan fingerprint density at radius 1 is 1.50 bits per heavy atom. The summed E-state index contributed by atoms with van der Waals surface area (Å²) in [5.41, 5.74) is 1.00. The van der Waals surface area contributed by atoms with Crippen LogP contribution in [0.1, 0.15) is 19.5 Å². The van der Waals surface area contributed by atoms with Crippen LogP contribution >= 0.6 is 0 Å². The van der Waals surface area contributed by atoms with E-state index in [-0.39, 0.29) is 0 Å². The third-order valence-corrected chi connectivity index (χ3v) is 1.98. The molecule has 1 aromatic rings. The summed E-state index contributed by atoms with van der Waals surface area (Å²) in [6.45, 7) is 5.21. The number of nitrogens with zero attached hydrogens (tertiary/aromatic N) is 2. The van der Waals surface area contributed by atoms with Crippen LogP contribution in [0.2, 0.25) is 0 Å². The van der Waals surface area contributed by atoms with Gasteiger partial charge in [0, 0.05) is 24.2 Å². The van der Waals surface area contributed by atoms with E-state index in [2.05, 4.69) is 29.1 Å². The van der Waals surface area contributed by atoms with Gasteiger partial charge in [-0.2, -0.15) is 0 Å². The van der Waals surface area contributed by atoms with Crippen molar-refractivity contribution in [3.05, 3.63) is 18.1 Å². The van der Waals surface area contributed by atoms with Crippen molar-refractivity contribution in [3.63, 3.8) is 0 Å². The first-order valence-electron chi connectivity index (χ1n) is 4.84. The second kappa shape index (κ2) is 5.54. The predicted octanol–water partition coefficient (Wildman–Crippen LogP) is 1.03. The summed E-state index contributed by atoms with van der Waals surface area (Å²) in [5, 5.41) is 3.33. The van der Waals surface area contributed by atoms with E-state index in [1.165, 1.54) is 6.33 Å². The van der Waals surface area contributed by atoms with E-state index in [0.717, 1.165) is 18.7 Å². The van der Waals surface area contributed by atoms with Crippen molar-refractivity contribution >= 4 is 0 Å². The van der Waals surface area contributed by atoms with E-state index >= 15 is 0 Å². The molecule has 0 bridgehead atoms. The molecule has 0 aromatic carbocycles. The molecule has 0 radical (unpaired) electrons. The van der Waals surface area contributed by atoms with E-state index in [9.17, 15) is 0 Å². The first-order valence-corrected chi connectivity index (χ1v) is 4.84. The second-order valence-electron chi connectivity index (χ2n) is 3.21. The van der Waals surface area contributed by atoms with Gasteiger partial charge in [0.2, 0.25) is 5.88 Å².